The van der Waals surface area contributed by atoms with Crippen molar-refractivity contribution in [3.8, 4) is 0 Å². The molecule has 3 heterocycles. The summed E-state index contributed by atoms with van der Waals surface area (Å²) in [6.07, 6.45) is 1.55. The first-order chi connectivity index (χ1) is 16.6. The van der Waals surface area contributed by atoms with Gasteiger partial charge in [0.05, 0.1) is 12.2 Å². The molecule has 8 nitrogen and oxygen atoms in total. The summed E-state index contributed by atoms with van der Waals surface area (Å²) in [7, 11) is 0. The third kappa shape index (κ3) is 4.63. The van der Waals surface area contributed by atoms with Gasteiger partial charge in [0.2, 0.25) is 5.91 Å². The standard InChI is InChI=1S/C26H31N5O3/c32-24(29-17-15-28(16-18-29)21-7-3-1-4-8-21)19-27-13-11-22(12-14-27)30-20-25(33)31(26(30)34)23-9-5-2-6-10-23/h1-10,22H,11-20H2. The number of piperidine rings is 1. The van der Waals surface area contributed by atoms with Crippen molar-refractivity contribution in [3.05, 3.63) is 60.7 Å². The highest BCUT2D eigenvalue weighted by Crippen LogP contribution is 2.26. The molecule has 0 atom stereocenters. The fourth-order valence-corrected chi connectivity index (χ4v) is 5.17. The predicted octanol–water partition coefficient (Wildman–Crippen LogP) is 2.27. The van der Waals surface area contributed by atoms with Gasteiger partial charge in [-0.15, -0.1) is 0 Å². The van der Waals surface area contributed by atoms with E-state index in [0.717, 1.165) is 52.1 Å². The number of urea groups is 1. The minimum Gasteiger partial charge on any atom is -0.368 e. The van der Waals surface area contributed by atoms with Crippen molar-refractivity contribution in [2.75, 3.05) is 62.2 Å². The van der Waals surface area contributed by atoms with Crippen LogP contribution in [-0.2, 0) is 9.59 Å². The van der Waals surface area contributed by atoms with Crippen LogP contribution >= 0.6 is 0 Å². The molecular weight excluding hydrogens is 430 g/mol. The van der Waals surface area contributed by atoms with E-state index in [1.807, 2.05) is 41.3 Å². The monoisotopic (exact) mass is 461 g/mol. The third-order valence-corrected chi connectivity index (χ3v) is 7.12. The van der Waals surface area contributed by atoms with Crippen LogP contribution in [0.4, 0.5) is 16.2 Å². The second-order valence-corrected chi connectivity index (χ2v) is 9.19. The average molecular weight is 462 g/mol. The van der Waals surface area contributed by atoms with Crippen molar-refractivity contribution in [1.82, 2.24) is 14.7 Å². The molecule has 0 radical (unpaired) electrons. The van der Waals surface area contributed by atoms with Gasteiger partial charge in [-0.3, -0.25) is 14.5 Å². The van der Waals surface area contributed by atoms with Crippen LogP contribution in [0.5, 0.6) is 0 Å². The minimum atomic E-state index is -0.234. The Bertz CT molecular complexity index is 1020. The number of imide groups is 1. The molecule has 3 saturated heterocycles. The fraction of sp³-hybridized carbons (Fsp3) is 0.423. The molecule has 2 aromatic rings. The number of benzene rings is 2. The predicted molar refractivity (Wildman–Crippen MR) is 131 cm³/mol. The van der Waals surface area contributed by atoms with Gasteiger partial charge in [-0.1, -0.05) is 36.4 Å². The second-order valence-electron chi connectivity index (χ2n) is 9.19. The van der Waals surface area contributed by atoms with Gasteiger partial charge in [-0.2, -0.15) is 0 Å². The van der Waals surface area contributed by atoms with Crippen LogP contribution in [0, 0.1) is 0 Å². The van der Waals surface area contributed by atoms with Crippen LogP contribution in [0.2, 0.25) is 0 Å². The Kier molecular flexibility index (Phi) is 6.49. The van der Waals surface area contributed by atoms with Crippen molar-refractivity contribution >= 4 is 29.2 Å². The molecule has 178 valence electrons. The highest BCUT2D eigenvalue weighted by atomic mass is 16.2. The molecule has 0 spiro atoms. The smallest absolute Gasteiger partial charge is 0.332 e. The maximum atomic E-state index is 13.0. The van der Waals surface area contributed by atoms with Crippen LogP contribution in [0.1, 0.15) is 12.8 Å². The highest BCUT2D eigenvalue weighted by Gasteiger charge is 2.41. The van der Waals surface area contributed by atoms with Crippen molar-refractivity contribution in [3.63, 3.8) is 0 Å². The van der Waals surface area contributed by atoms with E-state index in [0.29, 0.717) is 12.2 Å². The van der Waals surface area contributed by atoms with Crippen molar-refractivity contribution < 1.29 is 14.4 Å². The molecule has 0 saturated carbocycles. The Morgan fingerprint density at radius 2 is 1.35 bits per heavy atom. The molecule has 34 heavy (non-hydrogen) atoms. The van der Waals surface area contributed by atoms with E-state index in [1.165, 1.54) is 10.6 Å². The Morgan fingerprint density at radius 1 is 0.765 bits per heavy atom. The summed E-state index contributed by atoms with van der Waals surface area (Å²) >= 11 is 0. The number of likely N-dealkylation sites (tertiary alicyclic amines) is 1. The van der Waals surface area contributed by atoms with Crippen LogP contribution in [-0.4, -0.2) is 90.9 Å². The number of anilines is 2. The number of rotatable bonds is 5. The Balaban J connectivity index is 1.09. The maximum absolute atomic E-state index is 13.0. The second kappa shape index (κ2) is 9.85. The normalized spacial score (nSPS) is 20.4. The zero-order chi connectivity index (χ0) is 23.5. The Labute approximate surface area is 200 Å². The molecular formula is C26H31N5O3. The molecule has 0 bridgehead atoms. The molecule has 5 rings (SSSR count). The zero-order valence-corrected chi connectivity index (χ0v) is 19.4. The quantitative estimate of drug-likeness (QED) is 0.639. The molecule has 4 amide bonds. The lowest BCUT2D eigenvalue weighted by atomic mass is 10.0. The van der Waals surface area contributed by atoms with Gasteiger partial charge in [0.25, 0.3) is 5.91 Å². The molecule has 8 heteroatoms. The number of hydrogen-bond donors (Lipinski definition) is 0. The average Bonchev–Trinajstić information content (AvgIpc) is 3.19. The molecule has 0 aliphatic carbocycles. The zero-order valence-electron chi connectivity index (χ0n) is 19.4. The number of para-hydroxylation sites is 2. The van der Waals surface area contributed by atoms with E-state index >= 15 is 0 Å². The largest absolute Gasteiger partial charge is 0.368 e. The maximum Gasteiger partial charge on any atom is 0.332 e. The summed E-state index contributed by atoms with van der Waals surface area (Å²) in [6, 6.07) is 19.2. The number of amides is 4. The van der Waals surface area contributed by atoms with Gasteiger partial charge < -0.3 is 14.7 Å². The van der Waals surface area contributed by atoms with Gasteiger partial charge >= 0.3 is 6.03 Å². The van der Waals surface area contributed by atoms with E-state index in [9.17, 15) is 14.4 Å². The van der Waals surface area contributed by atoms with Gasteiger partial charge in [0.1, 0.15) is 6.54 Å². The van der Waals surface area contributed by atoms with Crippen LogP contribution in [0.3, 0.4) is 0 Å². The SMILES string of the molecule is O=C(CN1CCC(N2CC(=O)N(c3ccccc3)C2=O)CC1)N1CCN(c2ccccc2)CC1. The van der Waals surface area contributed by atoms with Crippen molar-refractivity contribution in [2.45, 2.75) is 18.9 Å². The number of nitrogens with zero attached hydrogens (tertiary/aromatic N) is 5. The van der Waals surface area contributed by atoms with E-state index < -0.39 is 0 Å². The van der Waals surface area contributed by atoms with Crippen LogP contribution in [0.25, 0.3) is 0 Å². The van der Waals surface area contributed by atoms with Gasteiger partial charge in [0.15, 0.2) is 0 Å². The van der Waals surface area contributed by atoms with Crippen molar-refractivity contribution in [1.29, 1.82) is 0 Å². The molecule has 0 aromatic heterocycles. The first-order valence-corrected chi connectivity index (χ1v) is 12.1. The number of hydrogen-bond acceptors (Lipinski definition) is 5. The van der Waals surface area contributed by atoms with Crippen LogP contribution < -0.4 is 9.80 Å². The fourth-order valence-electron chi connectivity index (χ4n) is 5.17. The summed E-state index contributed by atoms with van der Waals surface area (Å²) in [5.74, 6) is -0.00251. The number of carbonyl (C=O) groups is 3. The molecule has 3 aliphatic heterocycles. The van der Waals surface area contributed by atoms with Crippen LogP contribution in [0.15, 0.2) is 60.7 Å². The minimum absolute atomic E-state index is 0.0333. The lowest BCUT2D eigenvalue weighted by molar-refractivity contribution is -0.133. The van der Waals surface area contributed by atoms with Gasteiger partial charge in [-0.05, 0) is 37.1 Å². The Morgan fingerprint density at radius 3 is 1.97 bits per heavy atom. The lowest BCUT2D eigenvalue weighted by Crippen LogP contribution is -2.53. The summed E-state index contributed by atoms with van der Waals surface area (Å²) in [5, 5.41) is 0. The Hall–Kier alpha value is -3.39. The molecule has 2 aromatic carbocycles. The molecule has 0 N–H and O–H groups in total. The summed E-state index contributed by atoms with van der Waals surface area (Å²) in [4.78, 5) is 47.8. The lowest BCUT2D eigenvalue weighted by Gasteiger charge is -2.39. The van der Waals surface area contributed by atoms with E-state index in [4.69, 9.17) is 0 Å². The third-order valence-electron chi connectivity index (χ3n) is 7.12. The van der Waals surface area contributed by atoms with E-state index in [1.54, 1.807) is 17.0 Å². The summed E-state index contributed by atoms with van der Waals surface area (Å²) < 4.78 is 0. The molecule has 3 fully saturated rings. The number of piperazine rings is 1. The van der Waals surface area contributed by atoms with Gasteiger partial charge in [0, 0.05) is 51.0 Å². The summed E-state index contributed by atoms with van der Waals surface area (Å²) in [5.41, 5.74) is 1.83. The van der Waals surface area contributed by atoms with E-state index in [2.05, 4.69) is 21.9 Å². The van der Waals surface area contributed by atoms with Crippen molar-refractivity contribution in [2.24, 2.45) is 0 Å². The molecule has 3 aliphatic rings. The first kappa shape index (κ1) is 22.4. The highest BCUT2D eigenvalue weighted by molar-refractivity contribution is 6.19. The molecule has 0 unspecified atom stereocenters. The topological polar surface area (TPSA) is 67.4 Å². The number of carbonyl (C=O) groups excluding carboxylic acids is 3. The van der Waals surface area contributed by atoms with Gasteiger partial charge in [-0.25, -0.2) is 9.69 Å². The first-order valence-electron chi connectivity index (χ1n) is 12.1. The van der Waals surface area contributed by atoms with E-state index in [-0.39, 0.29) is 30.4 Å². The summed E-state index contributed by atoms with van der Waals surface area (Å²) in [6.45, 7) is 5.23.